The van der Waals surface area contributed by atoms with Crippen LogP contribution in [0.2, 0.25) is 0 Å². The zero-order chi connectivity index (χ0) is 17.4. The first-order valence-corrected chi connectivity index (χ1v) is 7.60. The van der Waals surface area contributed by atoms with Crippen LogP contribution in [-0.4, -0.2) is 19.6 Å². The van der Waals surface area contributed by atoms with Crippen LogP contribution in [0.3, 0.4) is 0 Å². The molecule has 0 saturated carbocycles. The van der Waals surface area contributed by atoms with E-state index in [2.05, 4.69) is 20.5 Å². The molecule has 8 heteroatoms. The van der Waals surface area contributed by atoms with Crippen molar-refractivity contribution in [3.8, 4) is 22.4 Å². The number of hydrogen-bond donors (Lipinski definition) is 4. The molecule has 0 atom stereocenters. The van der Waals surface area contributed by atoms with Crippen LogP contribution in [0.25, 0.3) is 28.0 Å². The maximum Gasteiger partial charge on any atom is 0.223 e. The van der Waals surface area contributed by atoms with E-state index >= 15 is 0 Å². The number of nitrogens with two attached hydrogens (primary N) is 3. The van der Waals surface area contributed by atoms with Gasteiger partial charge < -0.3 is 16.9 Å². The highest BCUT2D eigenvalue weighted by Gasteiger charge is 2.18. The molecule has 0 amide bonds. The van der Waals surface area contributed by atoms with Crippen LogP contribution < -0.4 is 22.7 Å². The van der Waals surface area contributed by atoms with Gasteiger partial charge in [-0.25, -0.2) is 9.97 Å². The molecule has 0 radical (unpaired) electrons. The van der Waals surface area contributed by atoms with Gasteiger partial charge in [-0.05, 0) is 17.7 Å². The summed E-state index contributed by atoms with van der Waals surface area (Å²) in [6.45, 7) is 0. The zero-order valence-corrected chi connectivity index (χ0v) is 13.2. The number of hydrogen-bond acceptors (Lipinski definition) is 7. The number of fused-ring (bicyclic) bond motifs is 1. The van der Waals surface area contributed by atoms with Crippen molar-refractivity contribution in [1.82, 2.24) is 19.6 Å². The maximum absolute atomic E-state index is 6.08. The Bertz CT molecular complexity index is 1060. The van der Waals surface area contributed by atoms with Crippen molar-refractivity contribution in [1.29, 1.82) is 0 Å². The molecular weight excluding hydrogens is 316 g/mol. The van der Waals surface area contributed by atoms with Crippen LogP contribution in [0.1, 0.15) is 0 Å². The van der Waals surface area contributed by atoms with Gasteiger partial charge in [0, 0.05) is 5.56 Å². The summed E-state index contributed by atoms with van der Waals surface area (Å²) in [4.78, 5) is 8.91. The van der Waals surface area contributed by atoms with Crippen LogP contribution in [-0.2, 0) is 0 Å². The molecule has 7 N–H and O–H groups in total. The summed E-state index contributed by atoms with van der Waals surface area (Å²) in [6.07, 6.45) is 1.45. The van der Waals surface area contributed by atoms with E-state index < -0.39 is 0 Å². The predicted octanol–water partition coefficient (Wildman–Crippen LogP) is 1.91. The average molecular weight is 332 g/mol. The molecule has 2 heterocycles. The van der Waals surface area contributed by atoms with Gasteiger partial charge in [0.1, 0.15) is 6.33 Å². The summed E-state index contributed by atoms with van der Waals surface area (Å²) in [5.41, 5.74) is 19.8. The summed E-state index contributed by atoms with van der Waals surface area (Å²) in [6, 6.07) is 15.3. The number of rotatable bonds is 3. The lowest BCUT2D eigenvalue weighted by molar-refractivity contribution is 0.942. The number of nitrogen functional groups attached to an aromatic ring is 3. The Morgan fingerprint density at radius 2 is 1.76 bits per heavy atom. The van der Waals surface area contributed by atoms with Gasteiger partial charge in [0.2, 0.25) is 5.95 Å². The van der Waals surface area contributed by atoms with E-state index in [1.807, 2.05) is 48.5 Å². The molecule has 124 valence electrons. The molecule has 4 rings (SSSR count). The quantitative estimate of drug-likeness (QED) is 0.256. The van der Waals surface area contributed by atoms with Crippen molar-refractivity contribution in [2.24, 2.45) is 5.84 Å². The third kappa shape index (κ3) is 2.41. The van der Waals surface area contributed by atoms with E-state index in [4.69, 9.17) is 17.3 Å². The van der Waals surface area contributed by atoms with Gasteiger partial charge in [-0.3, -0.25) is 5.84 Å². The lowest BCUT2D eigenvalue weighted by Gasteiger charge is -2.13. The Kier molecular flexibility index (Phi) is 3.44. The molecule has 0 fully saturated rings. The zero-order valence-electron chi connectivity index (χ0n) is 13.2. The first-order valence-electron chi connectivity index (χ1n) is 7.60. The second-order valence-electron chi connectivity index (χ2n) is 5.50. The number of hydrazine groups is 1. The summed E-state index contributed by atoms with van der Waals surface area (Å²) < 4.78 is 1.51. The van der Waals surface area contributed by atoms with E-state index in [-0.39, 0.29) is 5.95 Å². The number of nitrogens with zero attached hydrogens (tertiary/aromatic N) is 4. The van der Waals surface area contributed by atoms with Crippen molar-refractivity contribution in [2.45, 2.75) is 0 Å². The minimum atomic E-state index is 0.267. The highest BCUT2D eigenvalue weighted by atomic mass is 15.3. The van der Waals surface area contributed by atoms with Gasteiger partial charge in [0.05, 0.1) is 22.6 Å². The molecule has 0 aliphatic rings. The standard InChI is InChI=1S/C17H16N8/c18-12-8-11(6-7-13(12)24-20)14-15(10-4-2-1-3-5-10)23-17(19)25-16(14)21-9-22-25/h1-9,24H,18,20H2,(H2,19,23). The molecular formula is C17H16N8. The van der Waals surface area contributed by atoms with E-state index in [0.29, 0.717) is 22.7 Å². The normalized spacial score (nSPS) is 10.9. The minimum absolute atomic E-state index is 0.267. The molecule has 0 aliphatic heterocycles. The summed E-state index contributed by atoms with van der Waals surface area (Å²) in [7, 11) is 0. The maximum atomic E-state index is 6.08. The van der Waals surface area contributed by atoms with Crippen molar-refractivity contribution in [3.63, 3.8) is 0 Å². The van der Waals surface area contributed by atoms with Gasteiger partial charge in [-0.1, -0.05) is 36.4 Å². The van der Waals surface area contributed by atoms with E-state index in [0.717, 1.165) is 16.7 Å². The Labute approximate surface area is 143 Å². The Morgan fingerprint density at radius 3 is 2.48 bits per heavy atom. The smallest absolute Gasteiger partial charge is 0.223 e. The molecule has 4 aromatic rings. The topological polar surface area (TPSA) is 133 Å². The Hall–Kier alpha value is -3.65. The van der Waals surface area contributed by atoms with Crippen LogP contribution >= 0.6 is 0 Å². The molecule has 0 unspecified atom stereocenters. The van der Waals surface area contributed by atoms with Gasteiger partial charge in [-0.2, -0.15) is 9.61 Å². The number of aromatic nitrogens is 4. The lowest BCUT2D eigenvalue weighted by Crippen LogP contribution is -2.09. The highest BCUT2D eigenvalue weighted by Crippen LogP contribution is 2.36. The van der Waals surface area contributed by atoms with Gasteiger partial charge >= 0.3 is 0 Å². The number of nitrogens with one attached hydrogen (secondary N) is 1. The molecule has 2 aromatic heterocycles. The average Bonchev–Trinajstić information content (AvgIpc) is 3.12. The van der Waals surface area contributed by atoms with Gasteiger partial charge in [-0.15, -0.1) is 0 Å². The molecule has 8 nitrogen and oxygen atoms in total. The number of benzene rings is 2. The largest absolute Gasteiger partial charge is 0.397 e. The Morgan fingerprint density at radius 1 is 0.960 bits per heavy atom. The van der Waals surface area contributed by atoms with Crippen molar-refractivity contribution >= 4 is 23.0 Å². The van der Waals surface area contributed by atoms with Gasteiger partial charge in [0.25, 0.3) is 0 Å². The van der Waals surface area contributed by atoms with Crippen molar-refractivity contribution in [2.75, 3.05) is 16.9 Å². The number of anilines is 3. The molecule has 25 heavy (non-hydrogen) atoms. The molecule has 0 bridgehead atoms. The van der Waals surface area contributed by atoms with Crippen molar-refractivity contribution in [3.05, 3.63) is 54.9 Å². The third-order valence-electron chi connectivity index (χ3n) is 3.99. The Balaban J connectivity index is 2.06. The molecule has 2 aromatic carbocycles. The third-order valence-corrected chi connectivity index (χ3v) is 3.99. The van der Waals surface area contributed by atoms with Crippen LogP contribution in [0, 0.1) is 0 Å². The monoisotopic (exact) mass is 332 g/mol. The van der Waals surface area contributed by atoms with Crippen LogP contribution in [0.5, 0.6) is 0 Å². The lowest BCUT2D eigenvalue weighted by atomic mass is 9.99. The SMILES string of the molecule is NNc1ccc(-c2c(-c3ccccc3)nc(N)n3ncnc23)cc1N. The highest BCUT2D eigenvalue weighted by molar-refractivity contribution is 5.92. The van der Waals surface area contributed by atoms with Crippen LogP contribution in [0.4, 0.5) is 17.3 Å². The molecule has 0 saturated heterocycles. The van der Waals surface area contributed by atoms with Crippen molar-refractivity contribution < 1.29 is 0 Å². The second kappa shape index (κ2) is 5.77. The van der Waals surface area contributed by atoms with E-state index in [1.165, 1.54) is 10.8 Å². The van der Waals surface area contributed by atoms with E-state index in [1.54, 1.807) is 0 Å². The minimum Gasteiger partial charge on any atom is -0.397 e. The van der Waals surface area contributed by atoms with Crippen LogP contribution in [0.15, 0.2) is 54.9 Å². The fourth-order valence-corrected chi connectivity index (χ4v) is 2.82. The molecule has 0 aliphatic carbocycles. The first-order chi connectivity index (χ1) is 12.2. The summed E-state index contributed by atoms with van der Waals surface area (Å²) in [5, 5.41) is 4.15. The fourth-order valence-electron chi connectivity index (χ4n) is 2.82. The second-order valence-corrected chi connectivity index (χ2v) is 5.50. The summed E-state index contributed by atoms with van der Waals surface area (Å²) in [5.74, 6) is 5.74. The fraction of sp³-hybridized carbons (Fsp3) is 0. The predicted molar refractivity (Wildman–Crippen MR) is 98.3 cm³/mol. The van der Waals surface area contributed by atoms with Gasteiger partial charge in [0.15, 0.2) is 5.65 Å². The summed E-state index contributed by atoms with van der Waals surface area (Å²) >= 11 is 0. The molecule has 0 spiro atoms. The van der Waals surface area contributed by atoms with E-state index in [9.17, 15) is 0 Å². The first kappa shape index (κ1) is 14.9.